The molecule has 1 N–H and O–H groups in total. The molecule has 0 spiro atoms. The second-order valence-electron chi connectivity index (χ2n) is 11.2. The van der Waals surface area contributed by atoms with Gasteiger partial charge >= 0.3 is 5.97 Å². The highest BCUT2D eigenvalue weighted by molar-refractivity contribution is 5.94. The number of carboxylic acids is 1. The van der Waals surface area contributed by atoms with E-state index in [1.807, 2.05) is 37.3 Å². The van der Waals surface area contributed by atoms with E-state index in [0.29, 0.717) is 36.8 Å². The quantitative estimate of drug-likeness (QED) is 0.363. The molecule has 216 valence electrons. The fourth-order valence-corrected chi connectivity index (χ4v) is 5.99. The molecule has 40 heavy (non-hydrogen) atoms. The van der Waals surface area contributed by atoms with E-state index < -0.39 is 11.9 Å². The number of amides is 1. The van der Waals surface area contributed by atoms with E-state index in [4.69, 9.17) is 14.2 Å². The lowest BCUT2D eigenvalue weighted by atomic mass is 9.77. The molecular formula is C31H41N3O6. The molecule has 1 aromatic heterocycles. The number of allylic oxidation sites excluding steroid dienone is 2. The first-order chi connectivity index (χ1) is 19.2. The van der Waals surface area contributed by atoms with E-state index in [9.17, 15) is 14.7 Å². The maximum absolute atomic E-state index is 13.9. The number of aromatic nitrogens is 1. The number of benzene rings is 1. The monoisotopic (exact) mass is 551 g/mol. The van der Waals surface area contributed by atoms with Crippen LogP contribution in [0.2, 0.25) is 0 Å². The van der Waals surface area contributed by atoms with Crippen LogP contribution >= 0.6 is 0 Å². The summed E-state index contributed by atoms with van der Waals surface area (Å²) in [5.74, 6) is -0.473. The second kappa shape index (κ2) is 12.7. The van der Waals surface area contributed by atoms with E-state index in [0.717, 1.165) is 24.1 Å². The van der Waals surface area contributed by atoms with Crippen LogP contribution in [0.4, 0.5) is 5.69 Å². The fourth-order valence-electron chi connectivity index (χ4n) is 5.99. The number of anilines is 1. The van der Waals surface area contributed by atoms with Gasteiger partial charge in [0.1, 0.15) is 0 Å². The first-order valence-corrected chi connectivity index (χ1v) is 14.0. The average Bonchev–Trinajstić information content (AvgIpc) is 3.53. The molecule has 9 heteroatoms. The van der Waals surface area contributed by atoms with Crippen molar-refractivity contribution < 1.29 is 28.9 Å². The highest BCUT2D eigenvalue weighted by Gasteiger charge is 2.49. The van der Waals surface area contributed by atoms with Crippen LogP contribution in [-0.4, -0.2) is 66.4 Å². The van der Waals surface area contributed by atoms with Gasteiger partial charge in [0.2, 0.25) is 18.4 Å². The van der Waals surface area contributed by atoms with Crippen LogP contribution in [0.25, 0.3) is 0 Å². The molecule has 4 rings (SSSR count). The summed E-state index contributed by atoms with van der Waals surface area (Å²) in [6.07, 6.45) is 9.88. The minimum Gasteiger partial charge on any atom is -0.493 e. The normalized spacial score (nSPS) is 20.7. The minimum absolute atomic E-state index is 0.0663. The molecule has 2 aromatic rings. The van der Waals surface area contributed by atoms with E-state index in [1.54, 1.807) is 24.4 Å². The Morgan fingerprint density at radius 2 is 2.10 bits per heavy atom. The summed E-state index contributed by atoms with van der Waals surface area (Å²) >= 11 is 0. The molecule has 0 bridgehead atoms. The third-order valence-corrected chi connectivity index (χ3v) is 7.83. The smallest absolute Gasteiger partial charge is 0.308 e. The predicted molar refractivity (Wildman–Crippen MR) is 153 cm³/mol. The summed E-state index contributed by atoms with van der Waals surface area (Å²) < 4.78 is 16.8. The Kier molecular flexibility index (Phi) is 9.35. The zero-order valence-corrected chi connectivity index (χ0v) is 24.1. The highest BCUT2D eigenvalue weighted by Crippen LogP contribution is 2.48. The number of likely N-dealkylation sites (tertiary alicyclic amines) is 1. The van der Waals surface area contributed by atoms with Gasteiger partial charge in [0.15, 0.2) is 11.5 Å². The Hall–Kier alpha value is -3.59. The summed E-state index contributed by atoms with van der Waals surface area (Å²) in [7, 11) is 1.56. The van der Waals surface area contributed by atoms with Crippen molar-refractivity contribution in [2.24, 2.45) is 11.3 Å². The summed E-state index contributed by atoms with van der Waals surface area (Å²) in [4.78, 5) is 34.8. The number of nitrogens with zero attached hydrogens (tertiary/aromatic N) is 3. The Labute approximate surface area is 236 Å². The number of rotatable bonds is 12. The minimum atomic E-state index is -0.882. The van der Waals surface area contributed by atoms with Crippen LogP contribution in [0.3, 0.4) is 0 Å². The van der Waals surface area contributed by atoms with Crippen molar-refractivity contribution in [2.45, 2.75) is 58.9 Å². The standard InChI is InChI=1S/C31H41N3O6/c1-6-8-13-34(22-10-9-12-32-17-22)27(35)19-33-18-23(21-14-25(38-5)29-26(15-21)39-20-40-29)28(30(36)37)24(33)16-31(3,4)11-7-2/h7,9-12,14-15,17,23-24,28H,6,8,13,16,18-20H2,1-5H3,(H,36,37)/t23-,24+,28-/m1/s1. The van der Waals surface area contributed by atoms with Gasteiger partial charge in [-0.2, -0.15) is 0 Å². The van der Waals surface area contributed by atoms with Crippen LogP contribution in [0.5, 0.6) is 17.2 Å². The Bertz CT molecular complexity index is 1220. The third kappa shape index (κ3) is 6.41. The molecule has 1 amide bonds. The van der Waals surface area contributed by atoms with Gasteiger partial charge < -0.3 is 24.2 Å². The highest BCUT2D eigenvalue weighted by atomic mass is 16.7. The van der Waals surface area contributed by atoms with Crippen LogP contribution in [0, 0.1) is 11.3 Å². The lowest BCUT2D eigenvalue weighted by Gasteiger charge is -2.34. The van der Waals surface area contributed by atoms with Crippen molar-refractivity contribution >= 4 is 17.6 Å². The van der Waals surface area contributed by atoms with Crippen LogP contribution in [0.1, 0.15) is 58.4 Å². The Balaban J connectivity index is 1.71. The summed E-state index contributed by atoms with van der Waals surface area (Å²) in [5.41, 5.74) is 1.28. The van der Waals surface area contributed by atoms with Gasteiger partial charge in [-0.25, -0.2) is 0 Å². The Morgan fingerprint density at radius 1 is 1.30 bits per heavy atom. The van der Waals surface area contributed by atoms with Crippen molar-refractivity contribution in [1.29, 1.82) is 0 Å². The van der Waals surface area contributed by atoms with Crippen LogP contribution in [0.15, 0.2) is 48.8 Å². The molecule has 1 saturated heterocycles. The van der Waals surface area contributed by atoms with Gasteiger partial charge in [-0.05, 0) is 55.0 Å². The molecule has 1 fully saturated rings. The van der Waals surface area contributed by atoms with E-state index >= 15 is 0 Å². The van der Waals surface area contributed by atoms with E-state index in [1.165, 1.54) is 0 Å². The van der Waals surface area contributed by atoms with Gasteiger partial charge in [-0.15, -0.1) is 0 Å². The van der Waals surface area contributed by atoms with Gasteiger partial charge in [0.05, 0.1) is 31.5 Å². The topological polar surface area (TPSA) is 101 Å². The third-order valence-electron chi connectivity index (χ3n) is 7.83. The molecule has 3 atom stereocenters. The largest absolute Gasteiger partial charge is 0.493 e. The zero-order valence-electron chi connectivity index (χ0n) is 24.1. The molecule has 3 heterocycles. The maximum Gasteiger partial charge on any atom is 0.308 e. The number of methoxy groups -OCH3 is 1. The number of hydrogen-bond acceptors (Lipinski definition) is 7. The van der Waals surface area contributed by atoms with Crippen molar-refractivity contribution in [2.75, 3.05) is 38.4 Å². The maximum atomic E-state index is 13.9. The molecule has 1 aromatic carbocycles. The predicted octanol–water partition coefficient (Wildman–Crippen LogP) is 5.11. The van der Waals surface area contributed by atoms with E-state index in [2.05, 4.69) is 36.7 Å². The van der Waals surface area contributed by atoms with E-state index in [-0.39, 0.29) is 36.6 Å². The molecule has 0 aliphatic carbocycles. The number of ether oxygens (including phenoxy) is 3. The Morgan fingerprint density at radius 3 is 2.75 bits per heavy atom. The summed E-state index contributed by atoms with van der Waals surface area (Å²) in [6.45, 7) is 9.45. The van der Waals surface area contributed by atoms with Crippen molar-refractivity contribution in [1.82, 2.24) is 9.88 Å². The molecule has 2 aliphatic heterocycles. The number of fused-ring (bicyclic) bond motifs is 1. The number of aliphatic carboxylic acids is 1. The number of carbonyl (C=O) groups is 2. The molecule has 0 unspecified atom stereocenters. The first-order valence-electron chi connectivity index (χ1n) is 14.0. The SMILES string of the molecule is CC=CC(C)(C)C[C@H]1[C@H](C(=O)O)[C@@H](c2cc(OC)c3c(c2)OCO3)CN1CC(=O)N(CCCC)c1cccnc1. The number of pyridine rings is 1. The molecular weight excluding hydrogens is 510 g/mol. The van der Waals surface area contributed by atoms with Crippen molar-refractivity contribution in [3.8, 4) is 17.2 Å². The zero-order chi connectivity index (χ0) is 28.9. The molecule has 0 radical (unpaired) electrons. The van der Waals surface area contributed by atoms with Crippen LogP contribution < -0.4 is 19.1 Å². The van der Waals surface area contributed by atoms with Gasteiger partial charge in [0, 0.05) is 31.2 Å². The van der Waals surface area contributed by atoms with Crippen molar-refractivity contribution in [3.05, 3.63) is 54.4 Å². The lowest BCUT2D eigenvalue weighted by molar-refractivity contribution is -0.143. The second-order valence-corrected chi connectivity index (χ2v) is 11.2. The number of unbranched alkanes of at least 4 members (excludes halogenated alkanes) is 1. The van der Waals surface area contributed by atoms with Crippen molar-refractivity contribution in [3.63, 3.8) is 0 Å². The number of carbonyl (C=O) groups excluding carboxylic acids is 1. The summed E-state index contributed by atoms with van der Waals surface area (Å²) in [5, 5.41) is 10.6. The molecule has 0 saturated carbocycles. The fraction of sp³-hybridized carbons (Fsp3) is 0.516. The van der Waals surface area contributed by atoms with Crippen LogP contribution in [-0.2, 0) is 9.59 Å². The van der Waals surface area contributed by atoms with Gasteiger partial charge in [-0.1, -0.05) is 39.3 Å². The number of hydrogen-bond donors (Lipinski definition) is 1. The molecule has 2 aliphatic rings. The van der Waals surface area contributed by atoms with Gasteiger partial charge in [-0.3, -0.25) is 19.5 Å². The first kappa shape index (κ1) is 29.4. The molecule has 9 nitrogen and oxygen atoms in total. The van der Waals surface area contributed by atoms with Gasteiger partial charge in [0.25, 0.3) is 0 Å². The average molecular weight is 552 g/mol. The summed E-state index contributed by atoms with van der Waals surface area (Å²) in [6, 6.07) is 7.05. The number of carboxylic acid groups (broad SMARTS) is 1. The lowest BCUT2D eigenvalue weighted by Crippen LogP contribution is -2.45.